The maximum atomic E-state index is 11.9. The molecule has 0 aromatic heterocycles. The molecule has 2 rings (SSSR count). The Morgan fingerprint density at radius 1 is 1.19 bits per heavy atom. The van der Waals surface area contributed by atoms with Gasteiger partial charge < -0.3 is 33.5 Å². The van der Waals surface area contributed by atoms with Gasteiger partial charge in [-0.05, 0) is 27.7 Å². The molecule has 1 N–H and O–H groups in total. The second-order valence-electron chi connectivity index (χ2n) is 6.24. The molecule has 4 atom stereocenters. The smallest absolute Gasteiger partial charge is 0.347 e. The molecule has 0 saturated carbocycles. The van der Waals surface area contributed by atoms with E-state index in [1.807, 2.05) is 0 Å². The summed E-state index contributed by atoms with van der Waals surface area (Å²) in [5.74, 6) is -0.524. The molecule has 2 aliphatic heterocycles. The molecule has 0 bridgehead atoms. The van der Waals surface area contributed by atoms with Crippen molar-refractivity contribution in [1.82, 2.24) is 0 Å². The van der Waals surface area contributed by atoms with Crippen LogP contribution >= 0.6 is 0 Å². The molecule has 2 saturated heterocycles. The van der Waals surface area contributed by atoms with Crippen molar-refractivity contribution in [3.05, 3.63) is 0 Å². The Morgan fingerprint density at radius 3 is 2.27 bits per heavy atom. The zero-order valence-corrected chi connectivity index (χ0v) is 15.2. The van der Waals surface area contributed by atoms with Gasteiger partial charge in [-0.3, -0.25) is 0 Å². The second-order valence-corrected chi connectivity index (χ2v) is 6.24. The van der Waals surface area contributed by atoms with Crippen molar-refractivity contribution in [1.29, 1.82) is 0 Å². The van der Waals surface area contributed by atoms with Gasteiger partial charge >= 0.3 is 11.9 Å². The number of terminal acetylenes is 1. The van der Waals surface area contributed by atoms with Crippen LogP contribution in [0.2, 0.25) is 0 Å². The molecule has 0 aliphatic carbocycles. The first kappa shape index (κ1) is 20.6. The van der Waals surface area contributed by atoms with E-state index in [1.165, 1.54) is 0 Å². The van der Waals surface area contributed by atoms with Crippen molar-refractivity contribution in [3.8, 4) is 12.3 Å². The molecule has 2 fully saturated rings. The van der Waals surface area contributed by atoms with Gasteiger partial charge in [0.1, 0.15) is 6.10 Å². The van der Waals surface area contributed by atoms with Crippen LogP contribution in [0.5, 0.6) is 0 Å². The average molecular weight is 372 g/mol. The van der Waals surface area contributed by atoms with E-state index in [0.717, 1.165) is 0 Å². The van der Waals surface area contributed by atoms with E-state index in [9.17, 15) is 14.7 Å². The summed E-state index contributed by atoms with van der Waals surface area (Å²) in [6.07, 6.45) is 0.949. The summed E-state index contributed by atoms with van der Waals surface area (Å²) < 4.78 is 31.7. The normalized spacial score (nSPS) is 32.1. The highest BCUT2D eigenvalue weighted by Crippen LogP contribution is 2.42. The third kappa shape index (κ3) is 4.00. The van der Waals surface area contributed by atoms with E-state index in [4.69, 9.17) is 34.8 Å². The van der Waals surface area contributed by atoms with Gasteiger partial charge in [-0.25, -0.2) is 9.59 Å². The molecule has 9 nitrogen and oxygen atoms in total. The Bertz CT molecular complexity index is 563. The highest BCUT2D eigenvalue weighted by Gasteiger charge is 2.63. The number of hydrogen-bond donors (Lipinski definition) is 1. The summed E-state index contributed by atoms with van der Waals surface area (Å²) in [5.41, 5.74) is -1.85. The number of hydrogen-bond acceptors (Lipinski definition) is 9. The fourth-order valence-electron chi connectivity index (χ4n) is 2.77. The number of ether oxygens (including phenoxy) is 6. The summed E-state index contributed by atoms with van der Waals surface area (Å²) in [6, 6.07) is 0. The Kier molecular flexibility index (Phi) is 6.26. The van der Waals surface area contributed by atoms with E-state index in [1.54, 1.807) is 27.7 Å². The zero-order chi connectivity index (χ0) is 19.5. The quantitative estimate of drug-likeness (QED) is 0.367. The van der Waals surface area contributed by atoms with E-state index >= 15 is 0 Å². The van der Waals surface area contributed by atoms with Gasteiger partial charge in [0.05, 0.1) is 19.8 Å². The van der Waals surface area contributed by atoms with Gasteiger partial charge in [-0.1, -0.05) is 5.92 Å². The van der Waals surface area contributed by atoms with Gasteiger partial charge in [0, 0.05) is 0 Å². The first-order chi connectivity index (χ1) is 12.2. The summed E-state index contributed by atoms with van der Waals surface area (Å²) in [4.78, 5) is 23.9. The first-order valence-corrected chi connectivity index (χ1v) is 8.34. The van der Waals surface area contributed by atoms with Crippen LogP contribution in [0.25, 0.3) is 0 Å². The predicted molar refractivity (Wildman–Crippen MR) is 85.5 cm³/mol. The number of fused-ring (bicyclic) bond motifs is 1. The molecule has 0 unspecified atom stereocenters. The molecular formula is C17H24O9. The van der Waals surface area contributed by atoms with Gasteiger partial charge in [0.2, 0.25) is 0 Å². The maximum absolute atomic E-state index is 11.9. The fourth-order valence-corrected chi connectivity index (χ4v) is 2.77. The predicted octanol–water partition coefficient (Wildman–Crippen LogP) is -0.261. The lowest BCUT2D eigenvalue weighted by atomic mass is 9.94. The van der Waals surface area contributed by atoms with Crippen molar-refractivity contribution < 1.29 is 43.1 Å². The molecule has 0 radical (unpaired) electrons. The van der Waals surface area contributed by atoms with Crippen LogP contribution in [0.4, 0.5) is 0 Å². The van der Waals surface area contributed by atoms with E-state index in [2.05, 4.69) is 5.92 Å². The number of carbonyl (C=O) groups is 2. The Hall–Kier alpha value is -1.70. The molecule has 9 heteroatoms. The van der Waals surface area contributed by atoms with Gasteiger partial charge in [0.25, 0.3) is 6.10 Å². The topological polar surface area (TPSA) is 110 Å². The number of aliphatic hydroxyl groups is 1. The lowest BCUT2D eigenvalue weighted by Gasteiger charge is -2.29. The Balaban J connectivity index is 2.08. The molecule has 26 heavy (non-hydrogen) atoms. The zero-order valence-electron chi connectivity index (χ0n) is 15.2. The monoisotopic (exact) mass is 372 g/mol. The van der Waals surface area contributed by atoms with Gasteiger partial charge in [0.15, 0.2) is 23.8 Å². The standard InChI is InChI=1S/C17H24O9/c1-6-17(20)10(24-15-12(17)25-16(4,5)26-15)9-23-11(13(18)21-7-2)14(19)22-8-3/h1,10-12,15,20H,7-9H2,2-5H3/t10-,12+,15-,17-/m1/s1. The fraction of sp³-hybridized carbons (Fsp3) is 0.765. The van der Waals surface area contributed by atoms with Crippen LogP contribution in [0, 0.1) is 12.3 Å². The van der Waals surface area contributed by atoms with E-state index in [0.29, 0.717) is 0 Å². The van der Waals surface area contributed by atoms with Crippen LogP contribution in [0.1, 0.15) is 27.7 Å². The van der Waals surface area contributed by atoms with E-state index < -0.39 is 47.9 Å². The number of carbonyl (C=O) groups excluding carboxylic acids is 2. The van der Waals surface area contributed by atoms with Crippen molar-refractivity contribution in [2.45, 2.75) is 63.7 Å². The summed E-state index contributed by atoms with van der Waals surface area (Å²) >= 11 is 0. The largest absolute Gasteiger partial charge is 0.464 e. The van der Waals surface area contributed by atoms with Crippen molar-refractivity contribution >= 4 is 11.9 Å². The molecule has 2 aliphatic rings. The highest BCUT2D eigenvalue weighted by molar-refractivity contribution is 5.98. The van der Waals surface area contributed by atoms with Gasteiger partial charge in [-0.15, -0.1) is 6.42 Å². The summed E-state index contributed by atoms with van der Waals surface area (Å²) in [5, 5.41) is 10.8. The molecule has 0 aromatic rings. The van der Waals surface area contributed by atoms with E-state index in [-0.39, 0.29) is 19.8 Å². The Morgan fingerprint density at radius 2 is 1.77 bits per heavy atom. The van der Waals surface area contributed by atoms with Crippen LogP contribution in [0.15, 0.2) is 0 Å². The molecule has 0 spiro atoms. The molecule has 0 aromatic carbocycles. The number of esters is 2. The first-order valence-electron chi connectivity index (χ1n) is 8.34. The highest BCUT2D eigenvalue weighted by atomic mass is 16.8. The molecule has 0 amide bonds. The maximum Gasteiger partial charge on any atom is 0.347 e. The minimum Gasteiger partial charge on any atom is -0.464 e. The third-order valence-corrected chi connectivity index (χ3v) is 3.93. The van der Waals surface area contributed by atoms with Crippen LogP contribution in [-0.4, -0.2) is 72.9 Å². The molecule has 146 valence electrons. The molecular weight excluding hydrogens is 348 g/mol. The van der Waals surface area contributed by atoms with Crippen LogP contribution in [-0.2, 0) is 38.0 Å². The SMILES string of the molecule is C#C[C@@]1(O)[C@@H](COC(C(=O)OCC)C(=O)OCC)O[C@@H]2OC(C)(C)O[C@@H]21. The average Bonchev–Trinajstić information content (AvgIpc) is 3.00. The lowest BCUT2D eigenvalue weighted by molar-refractivity contribution is -0.230. The minimum absolute atomic E-state index is 0.0627. The Labute approximate surface area is 151 Å². The van der Waals surface area contributed by atoms with Crippen molar-refractivity contribution in [2.75, 3.05) is 19.8 Å². The van der Waals surface area contributed by atoms with Crippen LogP contribution in [0.3, 0.4) is 0 Å². The summed E-state index contributed by atoms with van der Waals surface area (Å²) in [7, 11) is 0. The third-order valence-electron chi connectivity index (χ3n) is 3.93. The molecule has 2 heterocycles. The van der Waals surface area contributed by atoms with Crippen LogP contribution < -0.4 is 0 Å². The number of rotatable bonds is 7. The van der Waals surface area contributed by atoms with Gasteiger partial charge in [-0.2, -0.15) is 0 Å². The van der Waals surface area contributed by atoms with Crippen molar-refractivity contribution in [3.63, 3.8) is 0 Å². The van der Waals surface area contributed by atoms with Crippen molar-refractivity contribution in [2.24, 2.45) is 0 Å². The summed E-state index contributed by atoms with van der Waals surface area (Å²) in [6.45, 7) is 6.26. The lowest BCUT2D eigenvalue weighted by Crippen LogP contribution is -2.50. The second kappa shape index (κ2) is 7.90. The minimum atomic E-state index is -1.85.